The number of rotatable bonds is 5. The summed E-state index contributed by atoms with van der Waals surface area (Å²) in [4.78, 5) is 11.5. The molecule has 1 amide bonds. The maximum absolute atomic E-state index is 11.5. The number of ether oxygens (including phenoxy) is 1. The monoisotopic (exact) mass is 261 g/mol. The van der Waals surface area contributed by atoms with Crippen LogP contribution in [-0.4, -0.2) is 31.3 Å². The summed E-state index contributed by atoms with van der Waals surface area (Å²) in [6, 6.07) is 5.57. The van der Waals surface area contributed by atoms with E-state index in [9.17, 15) is 4.79 Å². The number of amides is 1. The molecule has 2 N–H and O–H groups in total. The Morgan fingerprint density at radius 3 is 2.89 bits per heavy atom. The fourth-order valence-electron chi connectivity index (χ4n) is 1.51. The van der Waals surface area contributed by atoms with Gasteiger partial charge in [0.15, 0.2) is 0 Å². The molecule has 19 heavy (non-hydrogen) atoms. The first kappa shape index (κ1) is 15.2. The largest absolute Gasteiger partial charge is 0.395 e. The maximum atomic E-state index is 11.5. The predicted molar refractivity (Wildman–Crippen MR) is 74.9 cm³/mol. The molecule has 4 heteroatoms. The first-order valence-corrected chi connectivity index (χ1v) is 6.16. The minimum atomic E-state index is -0.0691. The molecule has 1 rings (SSSR count). The lowest BCUT2D eigenvalue weighted by Gasteiger charge is -2.07. The second kappa shape index (κ2) is 8.30. The normalized spacial score (nSPS) is 9.63. The smallest absolute Gasteiger partial charge is 0.226 e. The topological polar surface area (TPSA) is 58.6 Å². The van der Waals surface area contributed by atoms with E-state index in [0.717, 1.165) is 16.8 Å². The third-order valence-corrected chi connectivity index (χ3v) is 2.50. The third-order valence-electron chi connectivity index (χ3n) is 2.50. The van der Waals surface area contributed by atoms with E-state index in [-0.39, 0.29) is 12.5 Å². The number of anilines is 1. The number of nitrogens with one attached hydrogen (secondary N) is 1. The van der Waals surface area contributed by atoms with Crippen LogP contribution in [0.5, 0.6) is 0 Å². The van der Waals surface area contributed by atoms with Gasteiger partial charge in [0.05, 0.1) is 19.6 Å². The van der Waals surface area contributed by atoms with E-state index >= 15 is 0 Å². The van der Waals surface area contributed by atoms with Gasteiger partial charge in [0.25, 0.3) is 0 Å². The third kappa shape index (κ3) is 5.56. The van der Waals surface area contributed by atoms with Crippen LogP contribution >= 0.6 is 0 Å². The van der Waals surface area contributed by atoms with Crippen molar-refractivity contribution in [2.75, 3.05) is 25.6 Å². The van der Waals surface area contributed by atoms with Crippen LogP contribution in [0.3, 0.4) is 0 Å². The van der Waals surface area contributed by atoms with E-state index in [4.69, 9.17) is 9.84 Å². The van der Waals surface area contributed by atoms with Crippen molar-refractivity contribution in [3.63, 3.8) is 0 Å². The number of aliphatic hydroxyl groups is 1. The van der Waals surface area contributed by atoms with Crippen molar-refractivity contribution >= 4 is 11.6 Å². The van der Waals surface area contributed by atoms with Gasteiger partial charge in [-0.25, -0.2) is 0 Å². The highest BCUT2D eigenvalue weighted by Gasteiger charge is 2.03. The molecular weight excluding hydrogens is 242 g/mol. The SMILES string of the molecule is COCCC(=O)Nc1ccc(C#CCCO)c(C)c1. The summed E-state index contributed by atoms with van der Waals surface area (Å²) in [5.41, 5.74) is 2.66. The molecule has 0 atom stereocenters. The van der Waals surface area contributed by atoms with Gasteiger partial charge < -0.3 is 15.2 Å². The number of aryl methyl sites for hydroxylation is 1. The Morgan fingerprint density at radius 2 is 2.26 bits per heavy atom. The lowest BCUT2D eigenvalue weighted by atomic mass is 10.1. The second-order valence-electron chi connectivity index (χ2n) is 4.10. The van der Waals surface area contributed by atoms with E-state index in [1.807, 2.05) is 25.1 Å². The second-order valence-corrected chi connectivity index (χ2v) is 4.10. The Kier molecular flexibility index (Phi) is 6.65. The number of hydrogen-bond acceptors (Lipinski definition) is 3. The zero-order valence-electron chi connectivity index (χ0n) is 11.3. The lowest BCUT2D eigenvalue weighted by Crippen LogP contribution is -2.13. The lowest BCUT2D eigenvalue weighted by molar-refractivity contribution is -0.117. The summed E-state index contributed by atoms with van der Waals surface area (Å²) in [5, 5.41) is 11.5. The van der Waals surface area contributed by atoms with Crippen LogP contribution in [0.15, 0.2) is 18.2 Å². The molecule has 0 saturated heterocycles. The first-order chi connectivity index (χ1) is 9.17. The maximum Gasteiger partial charge on any atom is 0.226 e. The van der Waals surface area contributed by atoms with Crippen molar-refractivity contribution < 1.29 is 14.6 Å². The highest BCUT2D eigenvalue weighted by atomic mass is 16.5. The number of methoxy groups -OCH3 is 1. The molecule has 0 aliphatic carbocycles. The zero-order valence-corrected chi connectivity index (χ0v) is 11.3. The molecule has 1 aromatic rings. The van der Waals surface area contributed by atoms with Crippen molar-refractivity contribution in [2.45, 2.75) is 19.8 Å². The molecule has 0 aliphatic heterocycles. The Bertz CT molecular complexity index is 486. The van der Waals surface area contributed by atoms with Gasteiger partial charge in [-0.1, -0.05) is 11.8 Å². The van der Waals surface area contributed by atoms with Gasteiger partial charge in [0.1, 0.15) is 0 Å². The Balaban J connectivity index is 2.67. The standard InChI is InChI=1S/C15H19NO3/c1-12-11-14(16-15(18)8-10-19-2)7-6-13(12)5-3-4-9-17/h6-7,11,17H,4,8-10H2,1-2H3,(H,16,18). The highest BCUT2D eigenvalue weighted by molar-refractivity contribution is 5.90. The van der Waals surface area contributed by atoms with Gasteiger partial charge >= 0.3 is 0 Å². The number of carbonyl (C=O) groups excluding carboxylic acids is 1. The quantitative estimate of drug-likeness (QED) is 0.793. The van der Waals surface area contributed by atoms with Gasteiger partial charge in [-0.2, -0.15) is 0 Å². The van der Waals surface area contributed by atoms with Crippen LogP contribution in [0.1, 0.15) is 24.0 Å². The summed E-state index contributed by atoms with van der Waals surface area (Å²) in [6.45, 7) is 2.42. The van der Waals surface area contributed by atoms with Crippen LogP contribution in [-0.2, 0) is 9.53 Å². The molecule has 4 nitrogen and oxygen atoms in total. The summed E-state index contributed by atoms with van der Waals surface area (Å²) < 4.78 is 4.85. The molecule has 0 aliphatic rings. The number of benzene rings is 1. The van der Waals surface area contributed by atoms with Crippen LogP contribution in [0, 0.1) is 18.8 Å². The summed E-state index contributed by atoms with van der Waals surface area (Å²) in [5.74, 6) is 5.79. The van der Waals surface area contributed by atoms with Gasteiger partial charge in [-0.3, -0.25) is 4.79 Å². The highest BCUT2D eigenvalue weighted by Crippen LogP contribution is 2.14. The van der Waals surface area contributed by atoms with Crippen LogP contribution in [0.25, 0.3) is 0 Å². The molecule has 0 unspecified atom stereocenters. The molecule has 0 aromatic heterocycles. The van der Waals surface area contributed by atoms with Gasteiger partial charge in [0.2, 0.25) is 5.91 Å². The fourth-order valence-corrected chi connectivity index (χ4v) is 1.51. The van der Waals surface area contributed by atoms with Crippen LogP contribution in [0.2, 0.25) is 0 Å². The van der Waals surface area contributed by atoms with Crippen molar-refractivity contribution in [3.8, 4) is 11.8 Å². The molecule has 102 valence electrons. The molecule has 0 saturated carbocycles. The van der Waals surface area contributed by atoms with Gasteiger partial charge in [-0.05, 0) is 30.7 Å². The summed E-state index contributed by atoms with van der Waals surface area (Å²) >= 11 is 0. The molecule has 0 spiro atoms. The van der Waals surface area contributed by atoms with Crippen molar-refractivity contribution in [2.24, 2.45) is 0 Å². The summed E-state index contributed by atoms with van der Waals surface area (Å²) in [7, 11) is 1.57. The minimum absolute atomic E-state index is 0.0691. The van der Waals surface area contributed by atoms with Gasteiger partial charge in [-0.15, -0.1) is 0 Å². The predicted octanol–water partition coefficient (Wildman–Crippen LogP) is 1.70. The molecule has 0 radical (unpaired) electrons. The van der Waals surface area contributed by atoms with Crippen LogP contribution < -0.4 is 5.32 Å². The van der Waals surface area contributed by atoms with Crippen LogP contribution in [0.4, 0.5) is 5.69 Å². The van der Waals surface area contributed by atoms with Gasteiger partial charge in [0, 0.05) is 24.8 Å². The average molecular weight is 261 g/mol. The fraction of sp³-hybridized carbons (Fsp3) is 0.400. The molecule has 1 aromatic carbocycles. The first-order valence-electron chi connectivity index (χ1n) is 6.16. The van der Waals surface area contributed by atoms with E-state index in [1.165, 1.54) is 0 Å². The Hall–Kier alpha value is -1.83. The summed E-state index contributed by atoms with van der Waals surface area (Å²) in [6.07, 6.45) is 0.808. The van der Waals surface area contributed by atoms with E-state index in [0.29, 0.717) is 19.4 Å². The number of carbonyl (C=O) groups is 1. The zero-order chi connectivity index (χ0) is 14.1. The van der Waals surface area contributed by atoms with Crippen molar-refractivity contribution in [3.05, 3.63) is 29.3 Å². The van der Waals surface area contributed by atoms with E-state index < -0.39 is 0 Å². The van der Waals surface area contributed by atoms with Crippen molar-refractivity contribution in [1.29, 1.82) is 0 Å². The number of aliphatic hydroxyl groups excluding tert-OH is 1. The Morgan fingerprint density at radius 1 is 1.47 bits per heavy atom. The molecule has 0 fully saturated rings. The van der Waals surface area contributed by atoms with E-state index in [2.05, 4.69) is 17.2 Å². The molecule has 0 heterocycles. The van der Waals surface area contributed by atoms with Crippen molar-refractivity contribution in [1.82, 2.24) is 0 Å². The molecular formula is C15H19NO3. The van der Waals surface area contributed by atoms with E-state index in [1.54, 1.807) is 7.11 Å². The average Bonchev–Trinajstić information content (AvgIpc) is 2.39. The minimum Gasteiger partial charge on any atom is -0.395 e. The molecule has 0 bridgehead atoms. The Labute approximate surface area is 113 Å². The number of hydrogen-bond donors (Lipinski definition) is 2.